The molecule has 0 bridgehead atoms. The average Bonchev–Trinajstić information content (AvgIpc) is 3.24. The Kier molecular flexibility index (Phi) is 4.89. The van der Waals surface area contributed by atoms with Crippen molar-refractivity contribution in [3.63, 3.8) is 0 Å². The molecule has 2 aliphatic heterocycles. The van der Waals surface area contributed by atoms with Gasteiger partial charge in [0.2, 0.25) is 5.95 Å². The van der Waals surface area contributed by atoms with Crippen LogP contribution in [0.5, 0.6) is 5.75 Å². The predicted molar refractivity (Wildman–Crippen MR) is 108 cm³/mol. The molecule has 0 aliphatic carbocycles. The lowest BCUT2D eigenvalue weighted by Crippen LogP contribution is -2.61. The molecule has 3 heterocycles. The summed E-state index contributed by atoms with van der Waals surface area (Å²) in [5.41, 5.74) is 0.850. The maximum absolute atomic E-state index is 12.7. The monoisotopic (exact) mass is 398 g/mol. The predicted octanol–water partition coefficient (Wildman–Crippen LogP) is 2.26. The van der Waals surface area contributed by atoms with Crippen molar-refractivity contribution in [1.82, 2.24) is 25.0 Å². The molecule has 29 heavy (non-hydrogen) atoms. The number of carbonyl (C=O) groups excluding carboxylic acids is 2. The fourth-order valence-electron chi connectivity index (χ4n) is 3.90. The second kappa shape index (κ2) is 7.38. The van der Waals surface area contributed by atoms with Crippen LogP contribution >= 0.6 is 0 Å². The highest BCUT2D eigenvalue weighted by atomic mass is 16.5. The van der Waals surface area contributed by atoms with Crippen LogP contribution in [0.25, 0.3) is 11.4 Å². The largest absolute Gasteiger partial charge is 0.494 e. The van der Waals surface area contributed by atoms with Gasteiger partial charge in [-0.1, -0.05) is 13.8 Å². The van der Waals surface area contributed by atoms with Gasteiger partial charge in [-0.05, 0) is 43.5 Å². The maximum Gasteiger partial charge on any atom is 0.325 e. The molecule has 1 aromatic heterocycles. The van der Waals surface area contributed by atoms with Crippen LogP contribution in [0.3, 0.4) is 0 Å². The summed E-state index contributed by atoms with van der Waals surface area (Å²) >= 11 is 0. The highest BCUT2D eigenvalue weighted by Crippen LogP contribution is 2.41. The summed E-state index contributed by atoms with van der Waals surface area (Å²) in [4.78, 5) is 28.6. The van der Waals surface area contributed by atoms with Crippen molar-refractivity contribution in [3.8, 4) is 17.1 Å². The SMILES string of the molecule is CCOc1ccc(-c2nnc3n2C2C(C(=O)NC(=O)N2C)N3CCC(C)C)cc1. The van der Waals surface area contributed by atoms with Crippen LogP contribution in [0.2, 0.25) is 0 Å². The lowest BCUT2D eigenvalue weighted by molar-refractivity contribution is -0.124. The van der Waals surface area contributed by atoms with E-state index >= 15 is 0 Å². The summed E-state index contributed by atoms with van der Waals surface area (Å²) in [5.74, 6) is 2.19. The Bertz CT molecular complexity index is 923. The number of imide groups is 1. The van der Waals surface area contributed by atoms with E-state index in [4.69, 9.17) is 4.74 Å². The Morgan fingerprint density at radius 3 is 2.55 bits per heavy atom. The molecule has 2 aliphatic rings. The molecule has 2 unspecified atom stereocenters. The molecule has 2 aromatic rings. The summed E-state index contributed by atoms with van der Waals surface area (Å²) in [6, 6.07) is 6.65. The van der Waals surface area contributed by atoms with E-state index in [1.807, 2.05) is 40.7 Å². The molecule has 0 saturated carbocycles. The van der Waals surface area contributed by atoms with E-state index in [0.29, 0.717) is 30.8 Å². The second-order valence-electron chi connectivity index (χ2n) is 7.79. The van der Waals surface area contributed by atoms with Crippen molar-refractivity contribution in [2.75, 3.05) is 25.1 Å². The minimum absolute atomic E-state index is 0.301. The average molecular weight is 398 g/mol. The van der Waals surface area contributed by atoms with Crippen LogP contribution in [0, 0.1) is 5.92 Å². The van der Waals surface area contributed by atoms with Crippen molar-refractivity contribution in [2.45, 2.75) is 39.4 Å². The number of nitrogens with zero attached hydrogens (tertiary/aromatic N) is 5. The summed E-state index contributed by atoms with van der Waals surface area (Å²) < 4.78 is 7.42. The van der Waals surface area contributed by atoms with Gasteiger partial charge in [0.15, 0.2) is 11.9 Å². The van der Waals surface area contributed by atoms with E-state index < -0.39 is 18.2 Å². The third-order valence-corrected chi connectivity index (χ3v) is 5.40. The van der Waals surface area contributed by atoms with Gasteiger partial charge in [0, 0.05) is 19.2 Å². The molecule has 2 atom stereocenters. The quantitative estimate of drug-likeness (QED) is 0.802. The first-order chi connectivity index (χ1) is 13.9. The first kappa shape index (κ1) is 19.2. The number of likely N-dealkylation sites (N-methyl/N-ethyl adjacent to an activating group) is 1. The van der Waals surface area contributed by atoms with E-state index in [2.05, 4.69) is 29.4 Å². The topological polar surface area (TPSA) is 92.6 Å². The Balaban J connectivity index is 1.77. The van der Waals surface area contributed by atoms with Crippen LogP contribution in [-0.2, 0) is 4.79 Å². The van der Waals surface area contributed by atoms with Gasteiger partial charge in [0.05, 0.1) is 6.61 Å². The van der Waals surface area contributed by atoms with Crippen molar-refractivity contribution < 1.29 is 14.3 Å². The molecule has 1 aromatic carbocycles. The van der Waals surface area contributed by atoms with Gasteiger partial charge in [0.1, 0.15) is 11.9 Å². The summed E-state index contributed by atoms with van der Waals surface area (Å²) in [6.07, 6.45) is 0.411. The van der Waals surface area contributed by atoms with Gasteiger partial charge in [-0.25, -0.2) is 4.79 Å². The molecule has 9 heteroatoms. The number of anilines is 1. The second-order valence-corrected chi connectivity index (χ2v) is 7.79. The summed E-state index contributed by atoms with van der Waals surface area (Å²) in [7, 11) is 1.69. The number of benzene rings is 1. The van der Waals surface area contributed by atoms with Crippen molar-refractivity contribution >= 4 is 17.9 Å². The molecule has 1 saturated heterocycles. The van der Waals surface area contributed by atoms with Gasteiger partial charge in [-0.2, -0.15) is 0 Å². The Labute approximate surface area is 169 Å². The standard InChI is InChI=1S/C20H26N6O3/c1-5-29-14-8-6-13(7-9-14)16-22-23-19-25(11-10-12(2)3)15-17(27)21-20(28)24(4)18(15)26(16)19/h6-9,12,15,18H,5,10-11H2,1-4H3,(H,21,27,28). The molecule has 0 spiro atoms. The van der Waals surface area contributed by atoms with Gasteiger partial charge in [-0.3, -0.25) is 14.7 Å². The van der Waals surface area contributed by atoms with Crippen LogP contribution in [0.15, 0.2) is 24.3 Å². The zero-order valence-corrected chi connectivity index (χ0v) is 17.1. The van der Waals surface area contributed by atoms with Crippen LogP contribution in [0.1, 0.15) is 33.4 Å². The van der Waals surface area contributed by atoms with Crippen LogP contribution in [-0.4, -0.2) is 57.8 Å². The van der Waals surface area contributed by atoms with Gasteiger partial charge in [0.25, 0.3) is 5.91 Å². The molecular weight excluding hydrogens is 372 g/mol. The number of carbonyl (C=O) groups is 2. The molecule has 9 nitrogen and oxygen atoms in total. The lowest BCUT2D eigenvalue weighted by Gasteiger charge is -2.37. The zero-order valence-electron chi connectivity index (χ0n) is 17.1. The van der Waals surface area contributed by atoms with E-state index in [-0.39, 0.29) is 5.91 Å². The van der Waals surface area contributed by atoms with E-state index in [0.717, 1.165) is 17.7 Å². The van der Waals surface area contributed by atoms with E-state index in [9.17, 15) is 9.59 Å². The molecule has 3 amide bonds. The van der Waals surface area contributed by atoms with E-state index in [1.165, 1.54) is 0 Å². The smallest absolute Gasteiger partial charge is 0.325 e. The Morgan fingerprint density at radius 2 is 1.90 bits per heavy atom. The number of nitrogens with one attached hydrogen (secondary N) is 1. The van der Waals surface area contributed by atoms with Gasteiger partial charge < -0.3 is 14.5 Å². The fraction of sp³-hybridized carbons (Fsp3) is 0.500. The number of hydrogen-bond acceptors (Lipinski definition) is 6. The third-order valence-electron chi connectivity index (χ3n) is 5.40. The number of hydrogen-bond donors (Lipinski definition) is 1. The third kappa shape index (κ3) is 3.20. The highest BCUT2D eigenvalue weighted by molar-refractivity contribution is 6.02. The van der Waals surface area contributed by atoms with E-state index in [1.54, 1.807) is 11.9 Å². The van der Waals surface area contributed by atoms with Crippen LogP contribution in [0.4, 0.5) is 10.7 Å². The van der Waals surface area contributed by atoms with Crippen molar-refractivity contribution in [3.05, 3.63) is 24.3 Å². The normalized spacial score (nSPS) is 20.7. The van der Waals surface area contributed by atoms with Crippen molar-refractivity contribution in [2.24, 2.45) is 5.92 Å². The highest BCUT2D eigenvalue weighted by Gasteiger charge is 2.52. The number of urea groups is 1. The Morgan fingerprint density at radius 1 is 1.17 bits per heavy atom. The summed E-state index contributed by atoms with van der Waals surface area (Å²) in [5, 5.41) is 11.2. The maximum atomic E-state index is 12.7. The number of amides is 3. The zero-order chi connectivity index (χ0) is 20.7. The molecule has 1 fully saturated rings. The van der Waals surface area contributed by atoms with Gasteiger partial charge >= 0.3 is 6.03 Å². The molecule has 1 N–H and O–H groups in total. The Hall–Kier alpha value is -3.10. The van der Waals surface area contributed by atoms with Crippen LogP contribution < -0.4 is 15.0 Å². The first-order valence-corrected chi connectivity index (χ1v) is 9.94. The number of rotatable bonds is 6. The molecule has 0 radical (unpaired) electrons. The fourth-order valence-corrected chi connectivity index (χ4v) is 3.90. The summed E-state index contributed by atoms with van der Waals surface area (Å²) in [6.45, 7) is 7.47. The number of ether oxygens (including phenoxy) is 1. The molecule has 4 rings (SSSR count). The number of fused-ring (bicyclic) bond motifs is 3. The first-order valence-electron chi connectivity index (χ1n) is 9.94. The number of aromatic nitrogens is 3. The molecular formula is C20H26N6O3. The molecule has 154 valence electrons. The van der Waals surface area contributed by atoms with Gasteiger partial charge in [-0.15, -0.1) is 10.2 Å². The van der Waals surface area contributed by atoms with Crippen molar-refractivity contribution in [1.29, 1.82) is 0 Å². The minimum atomic E-state index is -0.525. The lowest BCUT2D eigenvalue weighted by atomic mass is 10.1. The minimum Gasteiger partial charge on any atom is -0.494 e.